The molecule has 18 heavy (non-hydrogen) atoms. The van der Waals surface area contributed by atoms with E-state index >= 15 is 0 Å². The SMILES string of the molecule is OC(c1ccccc1)(c1ccccc1)C1CCN1. The molecule has 0 aromatic heterocycles. The molecule has 0 bridgehead atoms. The first-order valence-electron chi connectivity index (χ1n) is 6.38. The van der Waals surface area contributed by atoms with Crippen molar-refractivity contribution in [2.24, 2.45) is 0 Å². The van der Waals surface area contributed by atoms with Gasteiger partial charge in [0.1, 0.15) is 5.60 Å². The van der Waals surface area contributed by atoms with Crippen LogP contribution in [0.25, 0.3) is 0 Å². The van der Waals surface area contributed by atoms with Gasteiger partial charge in [-0.1, -0.05) is 60.7 Å². The van der Waals surface area contributed by atoms with Gasteiger partial charge in [-0.3, -0.25) is 0 Å². The molecule has 0 aliphatic carbocycles. The molecule has 2 N–H and O–H groups in total. The minimum Gasteiger partial charge on any atom is -0.379 e. The van der Waals surface area contributed by atoms with Gasteiger partial charge in [0, 0.05) is 6.04 Å². The third kappa shape index (κ3) is 1.74. The Morgan fingerprint density at radius 2 is 1.33 bits per heavy atom. The van der Waals surface area contributed by atoms with E-state index in [1.165, 1.54) is 0 Å². The molecule has 1 atom stereocenters. The monoisotopic (exact) mass is 239 g/mol. The summed E-state index contributed by atoms with van der Waals surface area (Å²) in [7, 11) is 0. The molecule has 2 heteroatoms. The van der Waals surface area contributed by atoms with E-state index < -0.39 is 5.60 Å². The summed E-state index contributed by atoms with van der Waals surface area (Å²) in [5, 5.41) is 14.5. The zero-order valence-corrected chi connectivity index (χ0v) is 10.2. The molecular formula is C16H17NO. The lowest BCUT2D eigenvalue weighted by molar-refractivity contribution is 0.0114. The van der Waals surface area contributed by atoms with E-state index in [1.54, 1.807) is 0 Å². The van der Waals surface area contributed by atoms with E-state index in [0.717, 1.165) is 24.1 Å². The summed E-state index contributed by atoms with van der Waals surface area (Å²) in [5.41, 5.74) is 0.975. The molecule has 1 fully saturated rings. The Labute approximate surface area is 107 Å². The van der Waals surface area contributed by atoms with Gasteiger partial charge in [0.05, 0.1) is 0 Å². The van der Waals surface area contributed by atoms with Crippen molar-refractivity contribution in [2.45, 2.75) is 18.1 Å². The number of rotatable bonds is 3. The van der Waals surface area contributed by atoms with Crippen molar-refractivity contribution in [3.05, 3.63) is 71.8 Å². The van der Waals surface area contributed by atoms with Crippen LogP contribution in [0, 0.1) is 0 Å². The maximum atomic E-state index is 11.2. The highest BCUT2D eigenvalue weighted by Crippen LogP contribution is 2.36. The first-order chi connectivity index (χ1) is 8.82. The fourth-order valence-corrected chi connectivity index (χ4v) is 2.60. The number of benzene rings is 2. The van der Waals surface area contributed by atoms with E-state index in [9.17, 15) is 5.11 Å². The van der Waals surface area contributed by atoms with Crippen LogP contribution < -0.4 is 5.32 Å². The molecule has 1 saturated heterocycles. The fraction of sp³-hybridized carbons (Fsp3) is 0.250. The van der Waals surface area contributed by atoms with E-state index in [-0.39, 0.29) is 6.04 Å². The predicted molar refractivity (Wildman–Crippen MR) is 72.3 cm³/mol. The largest absolute Gasteiger partial charge is 0.379 e. The van der Waals surface area contributed by atoms with Crippen molar-refractivity contribution in [3.8, 4) is 0 Å². The predicted octanol–water partition coefficient (Wildman–Crippen LogP) is 2.28. The van der Waals surface area contributed by atoms with Gasteiger partial charge in [-0.25, -0.2) is 0 Å². The first kappa shape index (κ1) is 11.5. The number of hydrogen-bond donors (Lipinski definition) is 2. The maximum absolute atomic E-state index is 11.2. The fourth-order valence-electron chi connectivity index (χ4n) is 2.60. The number of nitrogens with one attached hydrogen (secondary N) is 1. The molecule has 0 amide bonds. The average Bonchev–Trinajstić information content (AvgIpc) is 2.38. The van der Waals surface area contributed by atoms with Gasteiger partial charge < -0.3 is 10.4 Å². The smallest absolute Gasteiger partial charge is 0.130 e. The Balaban J connectivity index is 2.10. The van der Waals surface area contributed by atoms with Crippen molar-refractivity contribution < 1.29 is 5.11 Å². The molecule has 0 saturated carbocycles. The molecule has 1 aliphatic rings. The standard InChI is InChI=1S/C16H17NO/c18-16(15-11-12-17-15,13-7-3-1-4-8-13)14-9-5-2-6-10-14/h1-10,15,17-18H,11-12H2. The van der Waals surface area contributed by atoms with Crippen LogP contribution in [-0.4, -0.2) is 17.7 Å². The Kier molecular flexibility index (Phi) is 2.90. The second-order valence-electron chi connectivity index (χ2n) is 4.79. The average molecular weight is 239 g/mol. The van der Waals surface area contributed by atoms with Gasteiger partial charge >= 0.3 is 0 Å². The molecule has 92 valence electrons. The Morgan fingerprint density at radius 1 is 0.889 bits per heavy atom. The Bertz CT molecular complexity index is 466. The van der Waals surface area contributed by atoms with Crippen LogP contribution in [0.1, 0.15) is 17.5 Å². The van der Waals surface area contributed by atoms with Crippen LogP contribution in [0.3, 0.4) is 0 Å². The summed E-state index contributed by atoms with van der Waals surface area (Å²) < 4.78 is 0. The van der Waals surface area contributed by atoms with Gasteiger partial charge in [-0.05, 0) is 24.1 Å². The third-order valence-electron chi connectivity index (χ3n) is 3.76. The van der Waals surface area contributed by atoms with E-state index in [1.807, 2.05) is 60.7 Å². The molecular weight excluding hydrogens is 222 g/mol. The molecule has 0 spiro atoms. The minimum absolute atomic E-state index is 0.0994. The van der Waals surface area contributed by atoms with E-state index in [4.69, 9.17) is 0 Å². The van der Waals surface area contributed by atoms with Crippen molar-refractivity contribution in [1.82, 2.24) is 5.32 Å². The summed E-state index contributed by atoms with van der Waals surface area (Å²) in [6.45, 7) is 0.979. The van der Waals surface area contributed by atoms with Gasteiger partial charge in [-0.2, -0.15) is 0 Å². The van der Waals surface area contributed by atoms with Gasteiger partial charge in [0.2, 0.25) is 0 Å². The third-order valence-corrected chi connectivity index (χ3v) is 3.76. The van der Waals surface area contributed by atoms with Crippen molar-refractivity contribution in [3.63, 3.8) is 0 Å². The minimum atomic E-state index is -0.930. The zero-order valence-electron chi connectivity index (χ0n) is 10.2. The molecule has 2 aromatic rings. The van der Waals surface area contributed by atoms with Gasteiger partial charge in [0.25, 0.3) is 0 Å². The molecule has 3 rings (SSSR count). The van der Waals surface area contributed by atoms with Crippen LogP contribution in [0.15, 0.2) is 60.7 Å². The first-order valence-corrected chi connectivity index (χ1v) is 6.38. The van der Waals surface area contributed by atoms with Gasteiger partial charge in [-0.15, -0.1) is 0 Å². The van der Waals surface area contributed by atoms with Crippen molar-refractivity contribution in [2.75, 3.05) is 6.54 Å². The highest BCUT2D eigenvalue weighted by atomic mass is 16.3. The summed E-state index contributed by atoms with van der Waals surface area (Å²) in [6.07, 6.45) is 1.00. The van der Waals surface area contributed by atoms with Crippen molar-refractivity contribution >= 4 is 0 Å². The quantitative estimate of drug-likeness (QED) is 0.861. The summed E-state index contributed by atoms with van der Waals surface area (Å²) in [4.78, 5) is 0. The van der Waals surface area contributed by atoms with Crippen LogP contribution in [0.5, 0.6) is 0 Å². The Morgan fingerprint density at radius 3 is 1.67 bits per heavy atom. The molecule has 0 radical (unpaired) electrons. The lowest BCUT2D eigenvalue weighted by atomic mass is 9.76. The van der Waals surface area contributed by atoms with Gasteiger partial charge in [0.15, 0.2) is 0 Å². The van der Waals surface area contributed by atoms with Crippen molar-refractivity contribution in [1.29, 1.82) is 0 Å². The second kappa shape index (κ2) is 4.56. The number of hydrogen-bond acceptors (Lipinski definition) is 2. The lowest BCUT2D eigenvalue weighted by Crippen LogP contribution is -2.57. The van der Waals surface area contributed by atoms with Crippen LogP contribution >= 0.6 is 0 Å². The molecule has 1 unspecified atom stereocenters. The molecule has 1 heterocycles. The maximum Gasteiger partial charge on any atom is 0.130 e. The highest BCUT2D eigenvalue weighted by molar-refractivity contribution is 5.38. The molecule has 2 nitrogen and oxygen atoms in total. The second-order valence-corrected chi connectivity index (χ2v) is 4.79. The highest BCUT2D eigenvalue weighted by Gasteiger charge is 2.42. The van der Waals surface area contributed by atoms with Crippen LogP contribution in [-0.2, 0) is 5.60 Å². The number of aliphatic hydroxyl groups is 1. The van der Waals surface area contributed by atoms with E-state index in [0.29, 0.717) is 0 Å². The van der Waals surface area contributed by atoms with Crippen LogP contribution in [0.2, 0.25) is 0 Å². The zero-order chi connectivity index (χ0) is 12.4. The normalized spacial score (nSPS) is 19.3. The summed E-state index contributed by atoms with van der Waals surface area (Å²) in [6, 6.07) is 19.9. The van der Waals surface area contributed by atoms with E-state index in [2.05, 4.69) is 5.32 Å². The lowest BCUT2D eigenvalue weighted by Gasteiger charge is -2.43. The van der Waals surface area contributed by atoms with Crippen LogP contribution in [0.4, 0.5) is 0 Å². The topological polar surface area (TPSA) is 32.3 Å². The summed E-state index contributed by atoms with van der Waals surface area (Å²) in [5.74, 6) is 0. The molecule has 1 aliphatic heterocycles. The molecule has 2 aromatic carbocycles. The summed E-state index contributed by atoms with van der Waals surface area (Å²) >= 11 is 0. The Hall–Kier alpha value is -1.64.